The van der Waals surface area contributed by atoms with Crippen LogP contribution < -0.4 is 0 Å². The molecule has 0 aromatic rings. The van der Waals surface area contributed by atoms with Gasteiger partial charge in [-0.2, -0.15) is 26.3 Å². The smallest absolute Gasteiger partial charge is 0.303 e. The van der Waals surface area contributed by atoms with Crippen LogP contribution in [-0.2, 0) is 9.59 Å². The topological polar surface area (TPSA) is 34.1 Å². The number of hydrogen-bond acceptors (Lipinski definition) is 2. The first-order valence-electron chi connectivity index (χ1n) is 4.66. The van der Waals surface area contributed by atoms with E-state index in [0.717, 1.165) is 0 Å². The zero-order valence-corrected chi connectivity index (χ0v) is 8.73. The van der Waals surface area contributed by atoms with Gasteiger partial charge >= 0.3 is 12.4 Å². The quantitative estimate of drug-likeness (QED) is 0.565. The molecule has 2 atom stereocenters. The van der Waals surface area contributed by atoms with Gasteiger partial charge in [0, 0.05) is 11.8 Å². The van der Waals surface area contributed by atoms with Crippen molar-refractivity contribution in [2.24, 2.45) is 11.8 Å². The average Bonchev–Trinajstić information content (AvgIpc) is 2.13. The van der Waals surface area contributed by atoms with Gasteiger partial charge in [-0.15, -0.1) is 0 Å². The maximum absolute atomic E-state index is 12.1. The van der Waals surface area contributed by atoms with E-state index in [2.05, 4.69) is 0 Å². The van der Waals surface area contributed by atoms with Crippen molar-refractivity contribution in [2.75, 3.05) is 0 Å². The molecule has 2 unspecified atom stereocenters. The van der Waals surface area contributed by atoms with Crippen molar-refractivity contribution in [2.45, 2.75) is 32.1 Å². The molecule has 0 aliphatic carbocycles. The Morgan fingerprint density at radius 2 is 1.65 bits per heavy atom. The molecule has 0 radical (unpaired) electrons. The van der Waals surface area contributed by atoms with Gasteiger partial charge < -0.3 is 4.79 Å². The Balaban J connectivity index is 5.11. The summed E-state index contributed by atoms with van der Waals surface area (Å²) >= 11 is 0. The summed E-state index contributed by atoms with van der Waals surface area (Å²) in [7, 11) is 0. The Morgan fingerprint density at radius 1 is 1.18 bits per heavy atom. The lowest BCUT2D eigenvalue weighted by Gasteiger charge is -2.22. The fraction of sp³-hybridized carbons (Fsp3) is 0.778. The Kier molecular flexibility index (Phi) is 5.15. The summed E-state index contributed by atoms with van der Waals surface area (Å²) in [4.78, 5) is 21.2. The molecule has 0 bridgehead atoms. The first-order valence-corrected chi connectivity index (χ1v) is 4.66. The van der Waals surface area contributed by atoms with Crippen LogP contribution in [0.5, 0.6) is 0 Å². The molecule has 2 nitrogen and oxygen atoms in total. The van der Waals surface area contributed by atoms with Crippen LogP contribution in [0.2, 0.25) is 0 Å². The lowest BCUT2D eigenvalue weighted by atomic mass is 9.84. The molecule has 17 heavy (non-hydrogen) atoms. The second kappa shape index (κ2) is 5.50. The van der Waals surface area contributed by atoms with Gasteiger partial charge in [-0.05, 0) is 6.42 Å². The third-order valence-electron chi connectivity index (χ3n) is 2.23. The van der Waals surface area contributed by atoms with E-state index < -0.39 is 36.4 Å². The molecule has 0 saturated carbocycles. The molecule has 0 amide bonds. The Labute approximate surface area is 93.0 Å². The van der Waals surface area contributed by atoms with Gasteiger partial charge in [0.2, 0.25) is 5.78 Å². The molecule has 0 fully saturated rings. The number of aldehydes is 1. The van der Waals surface area contributed by atoms with Crippen LogP contribution in [0.1, 0.15) is 19.8 Å². The van der Waals surface area contributed by atoms with Crippen LogP contribution in [0, 0.1) is 11.8 Å². The van der Waals surface area contributed by atoms with E-state index in [4.69, 9.17) is 0 Å². The summed E-state index contributed by atoms with van der Waals surface area (Å²) in [5, 5.41) is 0. The van der Waals surface area contributed by atoms with E-state index in [9.17, 15) is 35.9 Å². The number of alkyl halides is 6. The third kappa shape index (κ3) is 5.18. The summed E-state index contributed by atoms with van der Waals surface area (Å²) in [6.07, 6.45) is -12.5. The number of hydrogen-bond donors (Lipinski definition) is 0. The van der Waals surface area contributed by atoms with Crippen molar-refractivity contribution in [3.8, 4) is 0 Å². The second-order valence-electron chi connectivity index (χ2n) is 3.50. The lowest BCUT2D eigenvalue weighted by Crippen LogP contribution is -2.38. The molecule has 0 saturated heterocycles. The number of halogens is 6. The van der Waals surface area contributed by atoms with Crippen LogP contribution in [-0.4, -0.2) is 24.4 Å². The molecule has 100 valence electrons. The molecule has 8 heteroatoms. The summed E-state index contributed by atoms with van der Waals surface area (Å²) in [5.74, 6) is -6.47. The predicted octanol–water partition coefficient (Wildman–Crippen LogP) is 2.91. The van der Waals surface area contributed by atoms with Crippen LogP contribution >= 0.6 is 0 Å². The lowest BCUT2D eigenvalue weighted by molar-refractivity contribution is -0.189. The highest BCUT2D eigenvalue weighted by Crippen LogP contribution is 2.34. The van der Waals surface area contributed by atoms with Crippen molar-refractivity contribution in [1.29, 1.82) is 0 Å². The van der Waals surface area contributed by atoms with E-state index in [1.165, 1.54) is 6.92 Å². The van der Waals surface area contributed by atoms with Crippen LogP contribution in [0.4, 0.5) is 26.3 Å². The molecule has 0 rings (SSSR count). The highest BCUT2D eigenvalue weighted by Gasteiger charge is 2.49. The standard InChI is InChI=1S/C9H10F6O2/c1-2-5(4-16)6(3-8(10,11)12)7(17)9(13,14)15/h4-6H,2-3H2,1H3. The van der Waals surface area contributed by atoms with Crippen molar-refractivity contribution in [3.63, 3.8) is 0 Å². The highest BCUT2D eigenvalue weighted by atomic mass is 19.4. The first kappa shape index (κ1) is 15.9. The molecule has 0 N–H and O–H groups in total. The largest absolute Gasteiger partial charge is 0.450 e. The van der Waals surface area contributed by atoms with E-state index >= 15 is 0 Å². The Hall–Kier alpha value is -1.08. The minimum atomic E-state index is -5.37. The number of rotatable bonds is 5. The minimum absolute atomic E-state index is 0.0416. The van der Waals surface area contributed by atoms with E-state index in [-0.39, 0.29) is 12.7 Å². The van der Waals surface area contributed by atoms with Gasteiger partial charge in [-0.1, -0.05) is 6.92 Å². The summed E-state index contributed by atoms with van der Waals surface area (Å²) in [6, 6.07) is 0. The first-order chi connectivity index (χ1) is 7.53. The zero-order valence-electron chi connectivity index (χ0n) is 8.73. The number of carbonyl (C=O) groups is 2. The van der Waals surface area contributed by atoms with Gasteiger partial charge in [0.25, 0.3) is 0 Å². The maximum atomic E-state index is 12.1. The summed E-state index contributed by atoms with van der Waals surface area (Å²) in [5.41, 5.74) is 0. The number of carbonyl (C=O) groups excluding carboxylic acids is 2. The number of Topliss-reactive ketones (excluding diaryl/α,β-unsaturated/α-hetero) is 1. The van der Waals surface area contributed by atoms with E-state index in [1.54, 1.807) is 0 Å². The van der Waals surface area contributed by atoms with Crippen molar-refractivity contribution in [3.05, 3.63) is 0 Å². The monoisotopic (exact) mass is 264 g/mol. The Bertz CT molecular complexity index is 280. The van der Waals surface area contributed by atoms with Gasteiger partial charge in [0.15, 0.2) is 0 Å². The van der Waals surface area contributed by atoms with Crippen LogP contribution in [0.15, 0.2) is 0 Å². The van der Waals surface area contributed by atoms with Crippen molar-refractivity contribution >= 4 is 12.1 Å². The molecule has 0 aromatic carbocycles. The van der Waals surface area contributed by atoms with E-state index in [0.29, 0.717) is 0 Å². The van der Waals surface area contributed by atoms with Gasteiger partial charge in [-0.3, -0.25) is 4.79 Å². The molecular formula is C9H10F6O2. The molecule has 0 heterocycles. The SMILES string of the molecule is CCC(C=O)C(CC(F)(F)F)C(=O)C(F)(F)F. The zero-order chi connectivity index (χ0) is 13.9. The molecule has 0 aromatic heterocycles. The van der Waals surface area contributed by atoms with Crippen LogP contribution in [0.25, 0.3) is 0 Å². The highest BCUT2D eigenvalue weighted by molar-refractivity contribution is 5.88. The summed E-state index contributed by atoms with van der Waals surface area (Å²) in [6.45, 7) is 1.24. The molecular weight excluding hydrogens is 254 g/mol. The van der Waals surface area contributed by atoms with Gasteiger partial charge in [0.1, 0.15) is 6.29 Å². The predicted molar refractivity (Wildman–Crippen MR) is 45.1 cm³/mol. The molecule has 0 spiro atoms. The molecule has 0 aliphatic rings. The maximum Gasteiger partial charge on any atom is 0.450 e. The fourth-order valence-corrected chi connectivity index (χ4v) is 1.37. The van der Waals surface area contributed by atoms with Crippen molar-refractivity contribution in [1.82, 2.24) is 0 Å². The third-order valence-corrected chi connectivity index (χ3v) is 2.23. The molecule has 0 aliphatic heterocycles. The van der Waals surface area contributed by atoms with Crippen molar-refractivity contribution < 1.29 is 35.9 Å². The van der Waals surface area contributed by atoms with Gasteiger partial charge in [0.05, 0.1) is 6.42 Å². The van der Waals surface area contributed by atoms with Crippen LogP contribution in [0.3, 0.4) is 0 Å². The fourth-order valence-electron chi connectivity index (χ4n) is 1.37. The van der Waals surface area contributed by atoms with Gasteiger partial charge in [-0.25, -0.2) is 0 Å². The second-order valence-corrected chi connectivity index (χ2v) is 3.50. The number of ketones is 1. The normalized spacial score (nSPS) is 16.4. The summed E-state index contributed by atoms with van der Waals surface area (Å²) < 4.78 is 72.4. The minimum Gasteiger partial charge on any atom is -0.303 e. The van der Waals surface area contributed by atoms with E-state index in [1.807, 2.05) is 0 Å². The Morgan fingerprint density at radius 3 is 1.88 bits per heavy atom. The average molecular weight is 264 g/mol.